The number of rotatable bonds is 8. The van der Waals surface area contributed by atoms with Gasteiger partial charge < -0.3 is 15.4 Å². The van der Waals surface area contributed by atoms with Gasteiger partial charge >= 0.3 is 0 Å². The van der Waals surface area contributed by atoms with E-state index in [0.29, 0.717) is 23.6 Å². The quantitative estimate of drug-likeness (QED) is 0.206. The van der Waals surface area contributed by atoms with Crippen LogP contribution < -0.4 is 5.32 Å². The van der Waals surface area contributed by atoms with E-state index in [1.165, 1.54) is 0 Å². The van der Waals surface area contributed by atoms with Crippen molar-refractivity contribution in [2.24, 2.45) is 0 Å². The molecule has 0 aliphatic heterocycles. The van der Waals surface area contributed by atoms with Gasteiger partial charge in [-0.15, -0.1) is 0 Å². The number of aromatic nitrogens is 7. The molecule has 0 spiro atoms. The number of aliphatic hydroxyl groups is 1. The van der Waals surface area contributed by atoms with E-state index in [9.17, 15) is 5.11 Å². The number of fused-ring (bicyclic) bond motifs is 2. The van der Waals surface area contributed by atoms with Crippen LogP contribution in [0.3, 0.4) is 0 Å². The van der Waals surface area contributed by atoms with E-state index >= 15 is 0 Å². The highest BCUT2D eigenvalue weighted by atomic mass is 16.3. The van der Waals surface area contributed by atoms with E-state index in [-0.39, 0.29) is 0 Å². The Kier molecular flexibility index (Phi) is 6.03. The van der Waals surface area contributed by atoms with Crippen LogP contribution in [0, 0.1) is 0 Å². The highest BCUT2D eigenvalue weighted by molar-refractivity contribution is 5.97. The molecule has 5 aromatic heterocycles. The lowest BCUT2D eigenvalue weighted by Gasteiger charge is -2.14. The van der Waals surface area contributed by atoms with Crippen molar-refractivity contribution in [3.63, 3.8) is 0 Å². The van der Waals surface area contributed by atoms with Crippen molar-refractivity contribution in [3.8, 4) is 33.8 Å². The average molecular weight is 491 g/mol. The Morgan fingerprint density at radius 2 is 1.84 bits per heavy atom. The fraction of sp³-hybridized carbons (Fsp3) is 0.179. The zero-order valence-electron chi connectivity index (χ0n) is 20.3. The molecule has 6 aromatic rings. The zero-order valence-corrected chi connectivity index (χ0v) is 20.3. The predicted molar refractivity (Wildman–Crippen MR) is 145 cm³/mol. The second-order valence-electron chi connectivity index (χ2n) is 8.98. The Bertz CT molecular complexity index is 1670. The van der Waals surface area contributed by atoms with Crippen LogP contribution in [0.25, 0.3) is 55.8 Å². The zero-order chi connectivity index (χ0) is 25.2. The van der Waals surface area contributed by atoms with E-state index in [1.807, 2.05) is 42.6 Å². The number of nitrogens with one attached hydrogen (secondary N) is 3. The van der Waals surface area contributed by atoms with Crippen LogP contribution >= 0.6 is 0 Å². The molecule has 9 nitrogen and oxygen atoms in total. The van der Waals surface area contributed by atoms with Crippen molar-refractivity contribution in [1.82, 2.24) is 35.1 Å². The number of pyridine rings is 3. The number of imidazole rings is 1. The van der Waals surface area contributed by atoms with Gasteiger partial charge in [0, 0.05) is 41.3 Å². The van der Waals surface area contributed by atoms with E-state index in [0.717, 1.165) is 57.2 Å². The third-order valence-corrected chi connectivity index (χ3v) is 6.41. The largest absolute Gasteiger partial charge is 0.374 e. The maximum absolute atomic E-state index is 10.3. The summed E-state index contributed by atoms with van der Waals surface area (Å²) in [5.74, 6) is 0.639. The van der Waals surface area contributed by atoms with Gasteiger partial charge in [-0.3, -0.25) is 15.1 Å². The molecular weight excluding hydrogens is 464 g/mol. The third kappa shape index (κ3) is 4.52. The molecule has 0 saturated carbocycles. The smallest absolute Gasteiger partial charge is 0.178 e. The number of aliphatic hydroxyl groups excluding tert-OH is 1. The molecule has 184 valence electrons. The summed E-state index contributed by atoms with van der Waals surface area (Å²) >= 11 is 0. The molecule has 0 aliphatic rings. The van der Waals surface area contributed by atoms with Gasteiger partial charge in [-0.05, 0) is 60.4 Å². The first-order chi connectivity index (χ1) is 18.2. The van der Waals surface area contributed by atoms with Gasteiger partial charge in [-0.2, -0.15) is 5.10 Å². The minimum absolute atomic E-state index is 0.598. The number of anilines is 1. The highest BCUT2D eigenvalue weighted by Crippen LogP contribution is 2.32. The molecule has 0 amide bonds. The molecule has 0 fully saturated rings. The first-order valence-electron chi connectivity index (χ1n) is 12.3. The van der Waals surface area contributed by atoms with E-state index in [1.54, 1.807) is 24.8 Å². The van der Waals surface area contributed by atoms with Crippen molar-refractivity contribution in [1.29, 1.82) is 0 Å². The van der Waals surface area contributed by atoms with Gasteiger partial charge in [0.15, 0.2) is 11.5 Å². The molecule has 5 heterocycles. The SMILES string of the molecule is CCCCC(O)Nc1cncc(-c2ccc3[nH]nc(-c4nc5nccc(-c6ccncc6)c5[nH]4)c3c2)c1. The number of hydrogen-bond donors (Lipinski definition) is 4. The first kappa shape index (κ1) is 22.8. The Morgan fingerprint density at radius 3 is 2.70 bits per heavy atom. The molecule has 1 unspecified atom stereocenters. The summed E-state index contributed by atoms with van der Waals surface area (Å²) in [6.07, 6.45) is 10.9. The van der Waals surface area contributed by atoms with Crippen LogP contribution in [0.15, 0.2) is 73.4 Å². The van der Waals surface area contributed by atoms with Gasteiger partial charge in [0.25, 0.3) is 0 Å². The minimum Gasteiger partial charge on any atom is -0.374 e. The Hall–Kier alpha value is -4.63. The Morgan fingerprint density at radius 1 is 0.946 bits per heavy atom. The molecule has 0 radical (unpaired) electrons. The molecular formula is C28H26N8O. The van der Waals surface area contributed by atoms with Crippen LogP contribution in [0.1, 0.15) is 26.2 Å². The predicted octanol–water partition coefficient (Wildman–Crippen LogP) is 5.55. The fourth-order valence-corrected chi connectivity index (χ4v) is 4.51. The molecule has 6 rings (SSSR count). The Labute approximate surface area is 213 Å². The first-order valence-corrected chi connectivity index (χ1v) is 12.3. The fourth-order valence-electron chi connectivity index (χ4n) is 4.51. The molecule has 1 aromatic carbocycles. The van der Waals surface area contributed by atoms with Crippen molar-refractivity contribution >= 4 is 27.8 Å². The second-order valence-corrected chi connectivity index (χ2v) is 8.98. The van der Waals surface area contributed by atoms with Gasteiger partial charge in [0.05, 0.1) is 22.9 Å². The summed E-state index contributed by atoms with van der Waals surface area (Å²) < 4.78 is 0. The number of hydrogen-bond acceptors (Lipinski definition) is 7. The molecule has 0 saturated heterocycles. The number of unbranched alkanes of at least 4 members (excludes halogenated alkanes) is 1. The lowest BCUT2D eigenvalue weighted by atomic mass is 10.0. The molecule has 0 aliphatic carbocycles. The van der Waals surface area contributed by atoms with Gasteiger partial charge in [0.2, 0.25) is 0 Å². The summed E-state index contributed by atoms with van der Waals surface area (Å²) in [5.41, 5.74) is 7.83. The van der Waals surface area contributed by atoms with Crippen molar-refractivity contribution in [3.05, 3.63) is 73.4 Å². The summed E-state index contributed by atoms with van der Waals surface area (Å²) in [7, 11) is 0. The normalized spacial score (nSPS) is 12.3. The van der Waals surface area contributed by atoms with Crippen LogP contribution in [0.4, 0.5) is 5.69 Å². The van der Waals surface area contributed by atoms with Gasteiger partial charge in [-0.1, -0.05) is 19.4 Å². The maximum Gasteiger partial charge on any atom is 0.178 e. The lowest BCUT2D eigenvalue weighted by Crippen LogP contribution is -2.18. The van der Waals surface area contributed by atoms with Crippen LogP contribution in [0.2, 0.25) is 0 Å². The second kappa shape index (κ2) is 9.79. The van der Waals surface area contributed by atoms with Crippen LogP contribution in [0.5, 0.6) is 0 Å². The number of aromatic amines is 2. The standard InChI is InChI=1S/C28H26N8O/c1-2-3-4-24(37)32-20-13-19(15-30-16-20)18-5-6-23-22(14-18)26(36-35-23)28-33-25-21(9-12-31-27(25)34-28)17-7-10-29-11-8-17/h5-16,24,32,37H,2-4H2,1H3,(H,35,36)(H,31,33,34). The molecule has 37 heavy (non-hydrogen) atoms. The number of H-pyrrole nitrogens is 2. The number of benzene rings is 1. The molecule has 9 heteroatoms. The molecule has 4 N–H and O–H groups in total. The number of nitrogens with zero attached hydrogens (tertiary/aromatic N) is 5. The average Bonchev–Trinajstić information content (AvgIpc) is 3.56. The van der Waals surface area contributed by atoms with E-state index in [4.69, 9.17) is 4.98 Å². The lowest BCUT2D eigenvalue weighted by molar-refractivity contribution is 0.190. The highest BCUT2D eigenvalue weighted by Gasteiger charge is 2.16. The third-order valence-electron chi connectivity index (χ3n) is 6.41. The van der Waals surface area contributed by atoms with Crippen LogP contribution in [-0.4, -0.2) is 46.5 Å². The monoisotopic (exact) mass is 490 g/mol. The van der Waals surface area contributed by atoms with Crippen molar-refractivity contribution in [2.45, 2.75) is 32.4 Å². The summed E-state index contributed by atoms with van der Waals surface area (Å²) in [6.45, 7) is 2.11. The summed E-state index contributed by atoms with van der Waals surface area (Å²) in [6, 6.07) is 14.0. The van der Waals surface area contributed by atoms with Crippen LogP contribution in [-0.2, 0) is 0 Å². The van der Waals surface area contributed by atoms with Crippen molar-refractivity contribution in [2.75, 3.05) is 5.32 Å². The van der Waals surface area contributed by atoms with Gasteiger partial charge in [0.1, 0.15) is 11.9 Å². The molecule has 1 atom stereocenters. The summed E-state index contributed by atoms with van der Waals surface area (Å²) in [5, 5.41) is 22.0. The topological polar surface area (TPSA) is 128 Å². The maximum atomic E-state index is 10.3. The van der Waals surface area contributed by atoms with E-state index < -0.39 is 6.23 Å². The van der Waals surface area contributed by atoms with E-state index in [2.05, 4.69) is 48.4 Å². The molecule has 0 bridgehead atoms. The van der Waals surface area contributed by atoms with Gasteiger partial charge in [-0.25, -0.2) is 9.97 Å². The van der Waals surface area contributed by atoms with Crippen molar-refractivity contribution < 1.29 is 5.11 Å². The summed E-state index contributed by atoms with van der Waals surface area (Å²) in [4.78, 5) is 21.2. The Balaban J connectivity index is 1.37. The minimum atomic E-state index is -0.598.